The van der Waals surface area contributed by atoms with Crippen LogP contribution in [0.3, 0.4) is 0 Å². The highest BCUT2D eigenvalue weighted by Gasteiger charge is 2.22. The second kappa shape index (κ2) is 7.93. The molecule has 0 spiro atoms. The molecule has 1 aromatic rings. The van der Waals surface area contributed by atoms with Crippen molar-refractivity contribution in [2.75, 3.05) is 31.9 Å². The predicted octanol–water partition coefficient (Wildman–Crippen LogP) is 3.10. The van der Waals surface area contributed by atoms with Crippen molar-refractivity contribution in [3.63, 3.8) is 0 Å². The molecule has 106 valence electrons. The number of nitrogens with zero attached hydrogens (tertiary/aromatic N) is 1. The van der Waals surface area contributed by atoms with Gasteiger partial charge in [-0.25, -0.2) is 0 Å². The Morgan fingerprint density at radius 3 is 2.89 bits per heavy atom. The van der Waals surface area contributed by atoms with Crippen LogP contribution < -0.4 is 5.32 Å². The summed E-state index contributed by atoms with van der Waals surface area (Å²) in [6, 6.07) is 11.4. The lowest BCUT2D eigenvalue weighted by atomic mass is 9.97. The summed E-state index contributed by atoms with van der Waals surface area (Å²) >= 11 is 1.97. The molecule has 2 atom stereocenters. The SMILES string of the molecule is CCC(C)C1CN(CCSc2ccccc2)CCN1. The van der Waals surface area contributed by atoms with Gasteiger partial charge in [0.2, 0.25) is 0 Å². The van der Waals surface area contributed by atoms with Crippen molar-refractivity contribution in [1.29, 1.82) is 0 Å². The maximum Gasteiger partial charge on any atom is 0.0221 e. The molecule has 1 saturated heterocycles. The predicted molar refractivity (Wildman–Crippen MR) is 84.9 cm³/mol. The second-order valence-electron chi connectivity index (χ2n) is 5.41. The van der Waals surface area contributed by atoms with Gasteiger partial charge in [-0.1, -0.05) is 38.5 Å². The summed E-state index contributed by atoms with van der Waals surface area (Å²) in [6.07, 6.45) is 1.27. The molecule has 1 heterocycles. The van der Waals surface area contributed by atoms with Crippen molar-refractivity contribution in [2.24, 2.45) is 5.92 Å². The molecule has 2 unspecified atom stereocenters. The molecule has 0 bridgehead atoms. The average Bonchev–Trinajstić information content (AvgIpc) is 2.48. The Morgan fingerprint density at radius 2 is 2.16 bits per heavy atom. The third-order valence-corrected chi connectivity index (χ3v) is 5.03. The molecular formula is C16H26N2S. The first kappa shape index (κ1) is 14.9. The third kappa shape index (κ3) is 4.83. The molecule has 0 amide bonds. The van der Waals surface area contributed by atoms with Gasteiger partial charge in [0.05, 0.1) is 0 Å². The van der Waals surface area contributed by atoms with E-state index in [-0.39, 0.29) is 0 Å². The lowest BCUT2D eigenvalue weighted by Crippen LogP contribution is -2.53. The van der Waals surface area contributed by atoms with Crippen molar-refractivity contribution in [1.82, 2.24) is 10.2 Å². The van der Waals surface area contributed by atoms with E-state index in [1.54, 1.807) is 0 Å². The van der Waals surface area contributed by atoms with Crippen LogP contribution in [0.2, 0.25) is 0 Å². The zero-order chi connectivity index (χ0) is 13.5. The largest absolute Gasteiger partial charge is 0.311 e. The molecule has 0 aliphatic carbocycles. The molecule has 0 saturated carbocycles. The number of benzene rings is 1. The average molecular weight is 278 g/mol. The van der Waals surface area contributed by atoms with Crippen LogP contribution in [0, 0.1) is 5.92 Å². The van der Waals surface area contributed by atoms with Crippen LogP contribution in [0.5, 0.6) is 0 Å². The summed E-state index contributed by atoms with van der Waals surface area (Å²) in [6.45, 7) is 9.41. The monoisotopic (exact) mass is 278 g/mol. The Kier molecular flexibility index (Phi) is 6.21. The number of hydrogen-bond donors (Lipinski definition) is 1. The lowest BCUT2D eigenvalue weighted by Gasteiger charge is -2.36. The first-order valence-corrected chi connectivity index (χ1v) is 8.41. The van der Waals surface area contributed by atoms with Gasteiger partial charge in [-0.05, 0) is 18.1 Å². The summed E-state index contributed by atoms with van der Waals surface area (Å²) in [5.74, 6) is 1.97. The molecule has 1 fully saturated rings. The summed E-state index contributed by atoms with van der Waals surface area (Å²) in [5, 5.41) is 3.66. The van der Waals surface area contributed by atoms with Crippen LogP contribution in [0.1, 0.15) is 20.3 Å². The van der Waals surface area contributed by atoms with E-state index in [0.717, 1.165) is 12.5 Å². The molecule has 19 heavy (non-hydrogen) atoms. The molecule has 2 rings (SSSR count). The van der Waals surface area contributed by atoms with E-state index in [0.29, 0.717) is 6.04 Å². The van der Waals surface area contributed by atoms with E-state index in [4.69, 9.17) is 0 Å². The standard InChI is InChI=1S/C16H26N2S/c1-3-14(2)16-13-18(10-9-17-16)11-12-19-15-7-5-4-6-8-15/h4-8,14,16-17H,3,9-13H2,1-2H3. The van der Waals surface area contributed by atoms with E-state index >= 15 is 0 Å². The van der Waals surface area contributed by atoms with Crippen LogP contribution in [-0.4, -0.2) is 42.9 Å². The van der Waals surface area contributed by atoms with Crippen LogP contribution in [0.4, 0.5) is 0 Å². The maximum absolute atomic E-state index is 3.66. The first-order valence-electron chi connectivity index (χ1n) is 7.43. The van der Waals surface area contributed by atoms with Crippen molar-refractivity contribution in [3.8, 4) is 0 Å². The molecular weight excluding hydrogens is 252 g/mol. The molecule has 1 aromatic carbocycles. The fourth-order valence-corrected chi connectivity index (χ4v) is 3.45. The Balaban J connectivity index is 1.71. The maximum atomic E-state index is 3.66. The van der Waals surface area contributed by atoms with Crippen molar-refractivity contribution < 1.29 is 0 Å². The summed E-state index contributed by atoms with van der Waals surface area (Å²) in [7, 11) is 0. The van der Waals surface area contributed by atoms with Crippen LogP contribution >= 0.6 is 11.8 Å². The molecule has 0 radical (unpaired) electrons. The highest BCUT2D eigenvalue weighted by atomic mass is 32.2. The smallest absolute Gasteiger partial charge is 0.0221 e. The van der Waals surface area contributed by atoms with Gasteiger partial charge in [0.15, 0.2) is 0 Å². The van der Waals surface area contributed by atoms with E-state index in [2.05, 4.69) is 54.4 Å². The molecule has 1 N–H and O–H groups in total. The van der Waals surface area contributed by atoms with Gasteiger partial charge in [0.25, 0.3) is 0 Å². The Labute approximate surface area is 122 Å². The normalized spacial score (nSPS) is 22.3. The van der Waals surface area contributed by atoms with Gasteiger partial charge in [-0.3, -0.25) is 4.90 Å². The summed E-state index contributed by atoms with van der Waals surface area (Å²) in [5.41, 5.74) is 0. The van der Waals surface area contributed by atoms with E-state index in [1.165, 1.54) is 36.7 Å². The minimum Gasteiger partial charge on any atom is -0.311 e. The molecule has 1 aliphatic heterocycles. The summed E-state index contributed by atoms with van der Waals surface area (Å²) in [4.78, 5) is 4.00. The highest BCUT2D eigenvalue weighted by Crippen LogP contribution is 2.18. The summed E-state index contributed by atoms with van der Waals surface area (Å²) < 4.78 is 0. The van der Waals surface area contributed by atoms with Crippen molar-refractivity contribution >= 4 is 11.8 Å². The van der Waals surface area contributed by atoms with Gasteiger partial charge in [0.1, 0.15) is 0 Å². The quantitative estimate of drug-likeness (QED) is 0.805. The number of rotatable bonds is 6. The molecule has 0 aromatic heterocycles. The number of nitrogens with one attached hydrogen (secondary N) is 1. The fourth-order valence-electron chi connectivity index (χ4n) is 2.52. The van der Waals surface area contributed by atoms with Crippen molar-refractivity contribution in [2.45, 2.75) is 31.2 Å². The second-order valence-corrected chi connectivity index (χ2v) is 6.58. The Bertz CT molecular complexity index is 355. The van der Waals surface area contributed by atoms with Crippen molar-refractivity contribution in [3.05, 3.63) is 30.3 Å². The van der Waals surface area contributed by atoms with E-state index in [1.807, 2.05) is 11.8 Å². The zero-order valence-corrected chi connectivity index (χ0v) is 13.0. The van der Waals surface area contributed by atoms with E-state index < -0.39 is 0 Å². The molecule has 2 nitrogen and oxygen atoms in total. The van der Waals surface area contributed by atoms with Gasteiger partial charge in [-0.15, -0.1) is 11.8 Å². The number of hydrogen-bond acceptors (Lipinski definition) is 3. The topological polar surface area (TPSA) is 15.3 Å². The van der Waals surface area contributed by atoms with E-state index in [9.17, 15) is 0 Å². The van der Waals surface area contributed by atoms with Crippen LogP contribution in [-0.2, 0) is 0 Å². The fraction of sp³-hybridized carbons (Fsp3) is 0.625. The van der Waals surface area contributed by atoms with Gasteiger partial charge < -0.3 is 5.32 Å². The highest BCUT2D eigenvalue weighted by molar-refractivity contribution is 7.99. The molecule has 1 aliphatic rings. The first-order chi connectivity index (χ1) is 9.29. The van der Waals surface area contributed by atoms with Gasteiger partial charge in [-0.2, -0.15) is 0 Å². The number of piperazine rings is 1. The third-order valence-electron chi connectivity index (χ3n) is 4.04. The number of thioether (sulfide) groups is 1. The zero-order valence-electron chi connectivity index (χ0n) is 12.1. The lowest BCUT2D eigenvalue weighted by molar-refractivity contribution is 0.177. The Hall–Kier alpha value is -0.510. The van der Waals surface area contributed by atoms with Gasteiger partial charge >= 0.3 is 0 Å². The van der Waals surface area contributed by atoms with Gasteiger partial charge in [0, 0.05) is 42.9 Å². The van der Waals surface area contributed by atoms with Crippen LogP contribution in [0.15, 0.2) is 35.2 Å². The minimum atomic E-state index is 0.681. The van der Waals surface area contributed by atoms with Crippen LogP contribution in [0.25, 0.3) is 0 Å². The Morgan fingerprint density at radius 1 is 1.37 bits per heavy atom. The minimum absolute atomic E-state index is 0.681. The molecule has 3 heteroatoms.